The highest BCUT2D eigenvalue weighted by atomic mass is 35.5. The molecule has 3 N–H and O–H groups in total. The van der Waals surface area contributed by atoms with E-state index in [1.54, 1.807) is 24.3 Å². The number of rotatable bonds is 9. The monoisotopic (exact) mass is 577 g/mol. The van der Waals surface area contributed by atoms with E-state index in [1.807, 2.05) is 37.3 Å². The molecule has 0 radical (unpaired) electrons. The number of carbonyl (C=O) groups is 3. The van der Waals surface area contributed by atoms with Gasteiger partial charge in [-0.1, -0.05) is 41.4 Å². The molecule has 0 spiro atoms. The molecule has 0 atom stereocenters. The topological polar surface area (TPSA) is 122 Å². The highest BCUT2D eigenvalue weighted by molar-refractivity contribution is 6.38. The van der Waals surface area contributed by atoms with Gasteiger partial charge in [0, 0.05) is 40.9 Å². The maximum absolute atomic E-state index is 12.5. The number of para-hydroxylation sites is 1. The Kier molecular flexibility index (Phi) is 9.31. The maximum atomic E-state index is 12.5. The van der Waals surface area contributed by atoms with E-state index in [0.29, 0.717) is 33.4 Å². The first-order chi connectivity index (χ1) is 19.2. The van der Waals surface area contributed by atoms with Crippen LogP contribution in [0.4, 0.5) is 11.5 Å². The van der Waals surface area contributed by atoms with E-state index in [0.717, 1.165) is 16.6 Å². The Morgan fingerprint density at radius 1 is 1.00 bits per heavy atom. The molecule has 9 nitrogen and oxygen atoms in total. The second kappa shape index (κ2) is 13.1. The van der Waals surface area contributed by atoms with Crippen LogP contribution in [0, 0.1) is 6.92 Å². The average molecular weight is 578 g/mol. The fraction of sp³-hybridized carbons (Fsp3) is 0.138. The van der Waals surface area contributed by atoms with E-state index in [9.17, 15) is 14.4 Å². The van der Waals surface area contributed by atoms with Gasteiger partial charge in [-0.15, -0.1) is 0 Å². The van der Waals surface area contributed by atoms with E-state index in [4.69, 9.17) is 27.9 Å². The second-order valence-corrected chi connectivity index (χ2v) is 9.50. The fourth-order valence-corrected chi connectivity index (χ4v) is 4.19. The molecule has 2 aromatic carbocycles. The zero-order valence-corrected chi connectivity index (χ0v) is 23.1. The number of amides is 3. The van der Waals surface area contributed by atoms with Crippen LogP contribution in [0.3, 0.4) is 0 Å². The second-order valence-electron chi connectivity index (χ2n) is 8.71. The van der Waals surface area contributed by atoms with Crippen molar-refractivity contribution in [2.24, 2.45) is 0 Å². The summed E-state index contributed by atoms with van der Waals surface area (Å²) in [6.45, 7) is 3.06. The summed E-state index contributed by atoms with van der Waals surface area (Å²) in [5, 5.41) is 9.30. The Labute approximate surface area is 240 Å². The summed E-state index contributed by atoms with van der Waals surface area (Å²) in [5.74, 6) is -0.198. The Morgan fingerprint density at radius 3 is 2.58 bits per heavy atom. The Balaban J connectivity index is 1.34. The highest BCUT2D eigenvalue weighted by Gasteiger charge is 2.15. The summed E-state index contributed by atoms with van der Waals surface area (Å²) in [4.78, 5) is 44.4. The van der Waals surface area contributed by atoms with Crippen LogP contribution < -0.4 is 20.7 Å². The van der Waals surface area contributed by atoms with Crippen LogP contribution in [-0.4, -0.2) is 34.2 Å². The number of aryl methyl sites for hydroxylation is 1. The molecule has 0 aliphatic heterocycles. The van der Waals surface area contributed by atoms with Crippen molar-refractivity contribution in [3.8, 4) is 5.75 Å². The zero-order valence-electron chi connectivity index (χ0n) is 21.6. The molecule has 3 amide bonds. The summed E-state index contributed by atoms with van der Waals surface area (Å²) in [5.41, 5.74) is 3.06. The first-order valence-corrected chi connectivity index (χ1v) is 12.9. The van der Waals surface area contributed by atoms with Crippen LogP contribution in [0.1, 0.15) is 23.7 Å². The van der Waals surface area contributed by atoms with E-state index in [2.05, 4.69) is 25.9 Å². The third-order valence-corrected chi connectivity index (χ3v) is 6.38. The Hall–Kier alpha value is -4.47. The first kappa shape index (κ1) is 28.5. The molecule has 2 aromatic heterocycles. The van der Waals surface area contributed by atoms with Crippen LogP contribution in [-0.2, 0) is 21.0 Å². The number of pyridine rings is 2. The lowest BCUT2D eigenvalue weighted by Crippen LogP contribution is -2.31. The number of nitrogens with zero attached hydrogens (tertiary/aromatic N) is 2. The Bertz CT molecular complexity index is 1610. The van der Waals surface area contributed by atoms with Gasteiger partial charge in [0.15, 0.2) is 0 Å². The van der Waals surface area contributed by atoms with Gasteiger partial charge in [-0.05, 0) is 55.0 Å². The van der Waals surface area contributed by atoms with E-state index in [-0.39, 0.29) is 24.1 Å². The molecular weight excluding hydrogens is 553 g/mol. The molecule has 11 heteroatoms. The molecule has 204 valence electrons. The summed E-state index contributed by atoms with van der Waals surface area (Å²) in [6.07, 6.45) is 4.31. The van der Waals surface area contributed by atoms with Crippen LogP contribution in [0.25, 0.3) is 17.0 Å². The quantitative estimate of drug-likeness (QED) is 0.224. The largest absolute Gasteiger partial charge is 0.487 e. The standard InChI is InChI=1S/C29H25Cl2N5O4/c1-17-6-9-20-4-3-5-24(29(20)34-17)40-16-21-22(30)10-11-23(28(21)31)36-27(39)15-33-26(38)13-8-19-7-12-25(32-14-19)35-18(2)37/h3-14H,15-16H2,1-2H3,(H,33,38)(H,36,39)(H,32,35,37)/b13-8+. The molecule has 0 aliphatic carbocycles. The van der Waals surface area contributed by atoms with Gasteiger partial charge in [-0.25, -0.2) is 9.97 Å². The number of benzene rings is 2. The van der Waals surface area contributed by atoms with Gasteiger partial charge in [0.05, 0.1) is 17.3 Å². The van der Waals surface area contributed by atoms with Crippen molar-refractivity contribution in [3.05, 3.63) is 93.7 Å². The summed E-state index contributed by atoms with van der Waals surface area (Å²) < 4.78 is 6.02. The van der Waals surface area contributed by atoms with Crippen molar-refractivity contribution in [1.29, 1.82) is 0 Å². The SMILES string of the molecule is CC(=O)Nc1ccc(/C=C/C(=O)NCC(=O)Nc2ccc(Cl)c(COc3cccc4ccc(C)nc34)c2Cl)cn1. The predicted molar refractivity (Wildman–Crippen MR) is 156 cm³/mol. The first-order valence-electron chi connectivity index (χ1n) is 12.1. The molecule has 2 heterocycles. The molecule has 4 aromatic rings. The number of halogens is 2. The molecule has 0 saturated carbocycles. The zero-order chi connectivity index (χ0) is 28.6. The van der Waals surface area contributed by atoms with Crippen molar-refractivity contribution in [3.63, 3.8) is 0 Å². The minimum Gasteiger partial charge on any atom is -0.487 e. The van der Waals surface area contributed by atoms with Crippen molar-refractivity contribution in [2.75, 3.05) is 17.2 Å². The van der Waals surface area contributed by atoms with Gasteiger partial charge in [-0.3, -0.25) is 14.4 Å². The number of carbonyl (C=O) groups excluding carboxylic acids is 3. The number of anilines is 2. The smallest absolute Gasteiger partial charge is 0.244 e. The van der Waals surface area contributed by atoms with Gasteiger partial charge in [-0.2, -0.15) is 0 Å². The third-order valence-electron chi connectivity index (χ3n) is 5.60. The van der Waals surface area contributed by atoms with Gasteiger partial charge in [0.1, 0.15) is 23.7 Å². The number of fused-ring (bicyclic) bond motifs is 1. The molecule has 0 saturated heterocycles. The van der Waals surface area contributed by atoms with Crippen molar-refractivity contribution < 1.29 is 19.1 Å². The highest BCUT2D eigenvalue weighted by Crippen LogP contribution is 2.33. The molecule has 0 aliphatic rings. The number of aromatic nitrogens is 2. The van der Waals surface area contributed by atoms with Crippen LogP contribution >= 0.6 is 23.2 Å². The molecule has 0 fully saturated rings. The number of nitrogens with one attached hydrogen (secondary N) is 3. The van der Waals surface area contributed by atoms with E-state index >= 15 is 0 Å². The van der Waals surface area contributed by atoms with Crippen LogP contribution in [0.5, 0.6) is 5.75 Å². The number of hydrogen-bond donors (Lipinski definition) is 3. The van der Waals surface area contributed by atoms with Crippen molar-refractivity contribution >= 4 is 69.4 Å². The van der Waals surface area contributed by atoms with E-state index < -0.39 is 11.8 Å². The van der Waals surface area contributed by atoms with Gasteiger partial charge >= 0.3 is 0 Å². The fourth-order valence-electron chi connectivity index (χ4n) is 3.66. The lowest BCUT2D eigenvalue weighted by Gasteiger charge is -2.14. The molecule has 4 rings (SSSR count). The number of ether oxygens (including phenoxy) is 1. The minimum atomic E-state index is -0.479. The van der Waals surface area contributed by atoms with Gasteiger partial charge in [0.25, 0.3) is 0 Å². The summed E-state index contributed by atoms with van der Waals surface area (Å²) in [6, 6.07) is 16.0. The summed E-state index contributed by atoms with van der Waals surface area (Å²) >= 11 is 13.0. The van der Waals surface area contributed by atoms with E-state index in [1.165, 1.54) is 25.3 Å². The lowest BCUT2D eigenvalue weighted by atomic mass is 10.2. The molecule has 0 bridgehead atoms. The lowest BCUT2D eigenvalue weighted by molar-refractivity contribution is -0.121. The van der Waals surface area contributed by atoms with Gasteiger partial charge in [0.2, 0.25) is 17.7 Å². The molecular formula is C29H25Cl2N5O4. The average Bonchev–Trinajstić information content (AvgIpc) is 2.93. The predicted octanol–water partition coefficient (Wildman–Crippen LogP) is 5.55. The van der Waals surface area contributed by atoms with Crippen molar-refractivity contribution in [2.45, 2.75) is 20.5 Å². The van der Waals surface area contributed by atoms with Crippen LogP contribution in [0.2, 0.25) is 10.0 Å². The normalized spacial score (nSPS) is 10.9. The molecule has 40 heavy (non-hydrogen) atoms. The Morgan fingerprint density at radius 2 is 1.82 bits per heavy atom. The number of hydrogen-bond acceptors (Lipinski definition) is 6. The molecule has 0 unspecified atom stereocenters. The van der Waals surface area contributed by atoms with Crippen molar-refractivity contribution in [1.82, 2.24) is 15.3 Å². The third kappa shape index (κ3) is 7.56. The van der Waals surface area contributed by atoms with Gasteiger partial charge < -0.3 is 20.7 Å². The maximum Gasteiger partial charge on any atom is 0.244 e. The summed E-state index contributed by atoms with van der Waals surface area (Å²) in [7, 11) is 0. The van der Waals surface area contributed by atoms with Crippen LogP contribution in [0.15, 0.2) is 66.9 Å². The minimum absolute atomic E-state index is 0.0539.